The number of hydrogen-bond acceptors (Lipinski definition) is 10. The highest BCUT2D eigenvalue weighted by atomic mass is 127. The highest BCUT2D eigenvalue weighted by Gasteiger charge is 2.49. The summed E-state index contributed by atoms with van der Waals surface area (Å²) in [4.78, 5) is 15.6. The smallest absolute Gasteiger partial charge is 0.319 e. The predicted molar refractivity (Wildman–Crippen MR) is 183 cm³/mol. The van der Waals surface area contributed by atoms with Crippen LogP contribution in [0.3, 0.4) is 0 Å². The maximum absolute atomic E-state index is 17.1. The molecule has 3 aliphatic rings. The molecule has 4 atom stereocenters. The number of nitrogens with two attached hydrogens (primary N) is 1. The molecule has 0 saturated carbocycles. The fourth-order valence-electron chi connectivity index (χ4n) is 7.25. The van der Waals surface area contributed by atoms with Crippen LogP contribution in [0.15, 0.2) is 18.2 Å². The van der Waals surface area contributed by atoms with Crippen molar-refractivity contribution < 1.29 is 27.8 Å². The zero-order valence-corrected chi connectivity index (χ0v) is 28.8. The number of aliphatic hydroxyl groups is 1. The van der Waals surface area contributed by atoms with E-state index in [1.54, 1.807) is 19.1 Å². The van der Waals surface area contributed by atoms with Crippen molar-refractivity contribution in [1.29, 1.82) is 0 Å². The molecule has 0 amide bonds. The third-order valence-corrected chi connectivity index (χ3v) is 11.5. The molecule has 3 aliphatic heterocycles. The fourth-order valence-corrected chi connectivity index (χ4v) is 9.06. The van der Waals surface area contributed by atoms with Gasteiger partial charge in [-0.1, -0.05) is 6.07 Å². The summed E-state index contributed by atoms with van der Waals surface area (Å²) in [6.45, 7) is 4.23. The first kappa shape index (κ1) is 31.9. The first-order chi connectivity index (χ1) is 22.0. The van der Waals surface area contributed by atoms with Crippen LogP contribution in [0.2, 0.25) is 0 Å². The molecular weight excluding hydrogens is 732 g/mol. The molecule has 0 bridgehead atoms. The van der Waals surface area contributed by atoms with Gasteiger partial charge in [0.05, 0.1) is 36.3 Å². The maximum Gasteiger partial charge on any atom is 0.319 e. The third-order valence-electron chi connectivity index (χ3n) is 9.51. The van der Waals surface area contributed by atoms with Gasteiger partial charge in [-0.3, -0.25) is 4.90 Å². The molecule has 246 valence electrons. The molecule has 3 N–H and O–H groups in total. The molecular formula is C32H36F3IN6O3S. The maximum atomic E-state index is 17.1. The number of nitrogen functional groups attached to an aromatic ring is 1. The van der Waals surface area contributed by atoms with E-state index in [1.165, 1.54) is 6.07 Å². The van der Waals surface area contributed by atoms with Crippen LogP contribution in [0.25, 0.3) is 32.1 Å². The van der Waals surface area contributed by atoms with Crippen LogP contribution in [0.5, 0.6) is 11.8 Å². The number of ether oxygens (including phenoxy) is 2. The summed E-state index contributed by atoms with van der Waals surface area (Å²) in [5, 5.41) is 12.2. The molecule has 2 aromatic carbocycles. The zero-order valence-electron chi connectivity index (χ0n) is 25.8. The van der Waals surface area contributed by atoms with Crippen molar-refractivity contribution in [1.82, 2.24) is 19.8 Å². The van der Waals surface area contributed by atoms with Gasteiger partial charge in [0.1, 0.15) is 42.3 Å². The molecule has 46 heavy (non-hydrogen) atoms. The van der Waals surface area contributed by atoms with Crippen molar-refractivity contribution in [3.63, 3.8) is 0 Å². The highest BCUT2D eigenvalue weighted by molar-refractivity contribution is 14.1. The van der Waals surface area contributed by atoms with Gasteiger partial charge in [0, 0.05) is 37.0 Å². The van der Waals surface area contributed by atoms with Crippen molar-refractivity contribution in [3.05, 3.63) is 33.4 Å². The minimum atomic E-state index is -0.931. The first-order valence-corrected chi connectivity index (χ1v) is 17.3. The number of likely N-dealkylation sites (N-methyl/N-ethyl adjacent to an activating group) is 1. The predicted octanol–water partition coefficient (Wildman–Crippen LogP) is 5.44. The van der Waals surface area contributed by atoms with E-state index in [2.05, 4.69) is 32.5 Å². The summed E-state index contributed by atoms with van der Waals surface area (Å²) in [6.07, 6.45) is 0.367. The van der Waals surface area contributed by atoms with Crippen molar-refractivity contribution in [3.8, 4) is 22.9 Å². The van der Waals surface area contributed by atoms with Crippen molar-refractivity contribution >= 4 is 65.7 Å². The Labute approximate surface area is 282 Å². The van der Waals surface area contributed by atoms with E-state index in [9.17, 15) is 13.9 Å². The Morgan fingerprint density at radius 3 is 2.87 bits per heavy atom. The van der Waals surface area contributed by atoms with Crippen molar-refractivity contribution in [2.45, 2.75) is 50.0 Å². The molecule has 0 aliphatic carbocycles. The SMILES string of the molecule is CC(O)C1COc2c(I)c(-c3ccc(F)c4sc(N)cc34)c(F)c3nc(OC[C@@]45CCCN4C[C@H](F)C5)nc(c23)N1CCN(C)C. The highest BCUT2D eigenvalue weighted by Crippen LogP contribution is 2.49. The summed E-state index contributed by atoms with van der Waals surface area (Å²) in [6, 6.07) is 3.96. The number of fused-ring (bicyclic) bond motifs is 2. The van der Waals surface area contributed by atoms with Crippen LogP contribution in [-0.4, -0.2) is 102 Å². The lowest BCUT2D eigenvalue weighted by Gasteiger charge is -2.34. The molecule has 2 unspecified atom stereocenters. The average molecular weight is 769 g/mol. The summed E-state index contributed by atoms with van der Waals surface area (Å²) >= 11 is 3.16. The zero-order chi connectivity index (χ0) is 32.5. The number of hydrogen-bond donors (Lipinski definition) is 2. The second-order valence-corrected chi connectivity index (χ2v) is 15.0. The van der Waals surface area contributed by atoms with E-state index in [4.69, 9.17) is 20.2 Å². The largest absolute Gasteiger partial charge is 0.489 e. The number of aromatic nitrogens is 2. The number of thiophene rings is 1. The Morgan fingerprint density at radius 1 is 1.30 bits per heavy atom. The number of alkyl halides is 1. The third kappa shape index (κ3) is 5.33. The Bertz CT molecular complexity index is 1830. The van der Waals surface area contributed by atoms with E-state index in [1.807, 2.05) is 23.9 Å². The van der Waals surface area contributed by atoms with Gasteiger partial charge in [0.25, 0.3) is 0 Å². The number of aliphatic hydroxyl groups excluding tert-OH is 1. The van der Waals surface area contributed by atoms with E-state index >= 15 is 4.39 Å². The fraction of sp³-hybridized carbons (Fsp3) is 0.500. The summed E-state index contributed by atoms with van der Waals surface area (Å²) in [7, 11) is 3.90. The molecule has 4 aromatic rings. The Hall–Kier alpha value is -2.66. The first-order valence-electron chi connectivity index (χ1n) is 15.4. The van der Waals surface area contributed by atoms with Gasteiger partial charge in [-0.15, -0.1) is 11.3 Å². The second-order valence-electron chi connectivity index (χ2n) is 12.9. The van der Waals surface area contributed by atoms with Gasteiger partial charge in [-0.25, -0.2) is 13.2 Å². The van der Waals surface area contributed by atoms with Gasteiger partial charge in [0.2, 0.25) is 0 Å². The van der Waals surface area contributed by atoms with Gasteiger partial charge in [0.15, 0.2) is 5.82 Å². The number of halogens is 4. The van der Waals surface area contributed by atoms with Crippen LogP contribution in [0.1, 0.15) is 26.2 Å². The molecule has 7 rings (SSSR count). The minimum absolute atomic E-state index is 0.0113. The van der Waals surface area contributed by atoms with Gasteiger partial charge < -0.3 is 30.1 Å². The van der Waals surface area contributed by atoms with Gasteiger partial charge in [-0.2, -0.15) is 9.97 Å². The summed E-state index contributed by atoms with van der Waals surface area (Å²) in [5.74, 6) is -0.302. The molecule has 2 saturated heterocycles. The Kier molecular flexibility index (Phi) is 8.39. The van der Waals surface area contributed by atoms with E-state index < -0.39 is 35.5 Å². The van der Waals surface area contributed by atoms with E-state index in [-0.39, 0.29) is 30.3 Å². The number of benzene rings is 2. The standard InChI is InChI=1S/C32H36F3IN6O3S/c1-16(43)21-14-44-28-24-27(25(35)23(26(28)36)18-5-6-20(34)29-19(18)11-22(37)46-29)38-31(39-30(24)42(21)10-9-40(2)3)45-15-32-7-4-8-41(32)13-17(33)12-32/h5-6,11,16-17,21,43H,4,7-10,12-15,37H2,1-3H3/t16?,17-,21?,32+/m1/s1. The van der Waals surface area contributed by atoms with Crippen molar-refractivity contribution in [2.24, 2.45) is 0 Å². The quantitative estimate of drug-likeness (QED) is 0.227. The van der Waals surface area contributed by atoms with Gasteiger partial charge in [-0.05, 0) is 80.7 Å². The van der Waals surface area contributed by atoms with Crippen LogP contribution >= 0.6 is 33.9 Å². The van der Waals surface area contributed by atoms with Crippen molar-refractivity contribution in [2.75, 3.05) is 64.1 Å². The van der Waals surface area contributed by atoms with Crippen LogP contribution < -0.4 is 20.1 Å². The lowest BCUT2D eigenvalue weighted by atomic mass is 9.95. The van der Waals surface area contributed by atoms with Crippen LogP contribution in [-0.2, 0) is 0 Å². The van der Waals surface area contributed by atoms with E-state index in [0.29, 0.717) is 67.2 Å². The average Bonchev–Trinajstić information content (AvgIpc) is 3.63. The van der Waals surface area contributed by atoms with Crippen LogP contribution in [0.4, 0.5) is 24.0 Å². The molecule has 9 nitrogen and oxygen atoms in total. The number of rotatable bonds is 8. The molecule has 0 spiro atoms. The second kappa shape index (κ2) is 12.1. The molecule has 2 fully saturated rings. The normalized spacial score (nSPS) is 23.7. The Balaban J connectivity index is 1.44. The summed E-state index contributed by atoms with van der Waals surface area (Å²) in [5.41, 5.74) is 6.26. The molecule has 14 heteroatoms. The van der Waals surface area contributed by atoms with Crippen LogP contribution in [0, 0.1) is 15.2 Å². The molecule has 2 aromatic heterocycles. The van der Waals surface area contributed by atoms with Gasteiger partial charge >= 0.3 is 6.01 Å². The monoisotopic (exact) mass is 768 g/mol. The molecule has 5 heterocycles. The van der Waals surface area contributed by atoms with E-state index in [0.717, 1.165) is 30.7 Å². The Morgan fingerprint density at radius 2 is 2.11 bits per heavy atom. The molecule has 0 radical (unpaired) electrons. The number of anilines is 2. The minimum Gasteiger partial charge on any atom is -0.489 e. The summed E-state index contributed by atoms with van der Waals surface area (Å²) < 4.78 is 60.0. The number of nitrogens with zero attached hydrogens (tertiary/aromatic N) is 5. The lowest BCUT2D eigenvalue weighted by molar-refractivity contribution is 0.107. The lowest BCUT2D eigenvalue weighted by Crippen LogP contribution is -2.48. The topological polar surface area (TPSA) is 100 Å².